The first kappa shape index (κ1) is 12.7. The minimum atomic E-state index is -0.238. The van der Waals surface area contributed by atoms with Crippen LogP contribution in [-0.2, 0) is 0 Å². The normalized spacial score (nSPS) is 12.8. The first-order valence-electron chi connectivity index (χ1n) is 5.35. The molecule has 0 aromatic heterocycles. The second kappa shape index (κ2) is 6.23. The van der Waals surface area contributed by atoms with Crippen molar-refractivity contribution in [1.29, 1.82) is 0 Å². The Morgan fingerprint density at radius 3 is 2.73 bits per heavy atom. The molecule has 0 fully saturated rings. The maximum Gasteiger partial charge on any atom is 0.137 e. The number of benzene rings is 1. The summed E-state index contributed by atoms with van der Waals surface area (Å²) >= 11 is 3.13. The Balaban J connectivity index is 2.57. The molecule has 0 heterocycles. The summed E-state index contributed by atoms with van der Waals surface area (Å²) in [4.78, 5) is 0. The van der Waals surface area contributed by atoms with E-state index in [9.17, 15) is 4.39 Å². The van der Waals surface area contributed by atoms with Gasteiger partial charge in [0.2, 0.25) is 0 Å². The van der Waals surface area contributed by atoms with Crippen LogP contribution in [0.4, 0.5) is 4.39 Å². The lowest BCUT2D eigenvalue weighted by Crippen LogP contribution is -2.10. The second-order valence-electron chi connectivity index (χ2n) is 3.78. The monoisotopic (exact) mass is 273 g/mol. The third-order valence-electron chi connectivity index (χ3n) is 2.49. The zero-order valence-electron chi connectivity index (χ0n) is 8.97. The van der Waals surface area contributed by atoms with Crippen LogP contribution in [0, 0.1) is 5.82 Å². The number of rotatable bonds is 5. The lowest BCUT2D eigenvalue weighted by Gasteiger charge is -2.12. The van der Waals surface area contributed by atoms with Gasteiger partial charge in [0.05, 0.1) is 4.47 Å². The van der Waals surface area contributed by atoms with Crippen LogP contribution in [0.1, 0.15) is 44.2 Å². The van der Waals surface area contributed by atoms with Crippen LogP contribution in [-0.4, -0.2) is 0 Å². The van der Waals surface area contributed by atoms with Crippen molar-refractivity contribution in [2.75, 3.05) is 0 Å². The van der Waals surface area contributed by atoms with Gasteiger partial charge < -0.3 is 5.73 Å². The zero-order chi connectivity index (χ0) is 11.3. The average Bonchev–Trinajstić information content (AvgIpc) is 2.22. The highest BCUT2D eigenvalue weighted by atomic mass is 79.9. The molecule has 1 nitrogen and oxygen atoms in total. The molecular weight excluding hydrogens is 257 g/mol. The molecule has 1 aromatic rings. The lowest BCUT2D eigenvalue weighted by atomic mass is 10.0. The van der Waals surface area contributed by atoms with Crippen molar-refractivity contribution in [3.8, 4) is 0 Å². The Bertz CT molecular complexity index is 314. The molecule has 1 rings (SSSR count). The van der Waals surface area contributed by atoms with Crippen LogP contribution in [0.15, 0.2) is 22.7 Å². The SMILES string of the molecule is CCCCC[C@@H](N)c1ccc(Br)c(F)c1. The van der Waals surface area contributed by atoms with E-state index in [1.807, 2.05) is 6.07 Å². The molecule has 0 radical (unpaired) electrons. The topological polar surface area (TPSA) is 26.0 Å². The summed E-state index contributed by atoms with van der Waals surface area (Å²) in [7, 11) is 0. The van der Waals surface area contributed by atoms with E-state index in [1.165, 1.54) is 18.9 Å². The van der Waals surface area contributed by atoms with Gasteiger partial charge in [-0.15, -0.1) is 0 Å². The van der Waals surface area contributed by atoms with Crippen LogP contribution in [0.2, 0.25) is 0 Å². The molecule has 15 heavy (non-hydrogen) atoms. The highest BCUT2D eigenvalue weighted by molar-refractivity contribution is 9.10. The molecule has 1 aromatic carbocycles. The molecule has 0 aliphatic heterocycles. The minimum absolute atomic E-state index is 0.0425. The Hall–Kier alpha value is -0.410. The van der Waals surface area contributed by atoms with Gasteiger partial charge in [-0.25, -0.2) is 4.39 Å². The fourth-order valence-electron chi connectivity index (χ4n) is 1.52. The van der Waals surface area contributed by atoms with Gasteiger partial charge in [0, 0.05) is 6.04 Å². The van der Waals surface area contributed by atoms with Gasteiger partial charge in [-0.05, 0) is 40.0 Å². The molecule has 0 aliphatic rings. The molecule has 1 atom stereocenters. The number of unbranched alkanes of at least 4 members (excludes halogenated alkanes) is 2. The summed E-state index contributed by atoms with van der Waals surface area (Å²) in [6.07, 6.45) is 4.40. The predicted molar refractivity (Wildman–Crippen MR) is 65.2 cm³/mol. The second-order valence-corrected chi connectivity index (χ2v) is 4.63. The summed E-state index contributed by atoms with van der Waals surface area (Å²) in [5.74, 6) is -0.238. The molecular formula is C12H17BrFN. The van der Waals surface area contributed by atoms with Gasteiger partial charge in [-0.3, -0.25) is 0 Å². The van der Waals surface area contributed by atoms with E-state index < -0.39 is 0 Å². The standard InChI is InChI=1S/C12H17BrFN/c1-2-3-4-5-12(15)9-6-7-10(13)11(14)8-9/h6-8,12H,2-5,15H2,1H3/t12-/m1/s1. The van der Waals surface area contributed by atoms with Crippen molar-refractivity contribution in [2.24, 2.45) is 5.73 Å². The van der Waals surface area contributed by atoms with Crippen LogP contribution in [0.5, 0.6) is 0 Å². The van der Waals surface area contributed by atoms with E-state index in [1.54, 1.807) is 6.07 Å². The molecule has 0 spiro atoms. The third kappa shape index (κ3) is 3.92. The predicted octanol–water partition coefficient (Wildman–Crippen LogP) is 4.17. The van der Waals surface area contributed by atoms with Gasteiger partial charge in [0.15, 0.2) is 0 Å². The third-order valence-corrected chi connectivity index (χ3v) is 3.13. The molecule has 84 valence electrons. The molecule has 2 N–H and O–H groups in total. The van der Waals surface area contributed by atoms with Crippen molar-refractivity contribution in [3.05, 3.63) is 34.1 Å². The van der Waals surface area contributed by atoms with Crippen LogP contribution in [0.25, 0.3) is 0 Å². The van der Waals surface area contributed by atoms with Gasteiger partial charge in [-0.2, -0.15) is 0 Å². The van der Waals surface area contributed by atoms with E-state index >= 15 is 0 Å². The smallest absolute Gasteiger partial charge is 0.137 e. The van der Waals surface area contributed by atoms with Crippen molar-refractivity contribution < 1.29 is 4.39 Å². The van der Waals surface area contributed by atoms with Crippen LogP contribution < -0.4 is 5.73 Å². The summed E-state index contributed by atoms with van der Waals surface area (Å²) in [5.41, 5.74) is 6.85. The molecule has 0 amide bonds. The molecule has 0 aliphatic carbocycles. The summed E-state index contributed by atoms with van der Waals surface area (Å²) in [5, 5.41) is 0. The minimum Gasteiger partial charge on any atom is -0.324 e. The van der Waals surface area contributed by atoms with E-state index in [4.69, 9.17) is 5.73 Å². The molecule has 0 saturated carbocycles. The van der Waals surface area contributed by atoms with Crippen molar-refractivity contribution in [1.82, 2.24) is 0 Å². The highest BCUT2D eigenvalue weighted by Crippen LogP contribution is 2.22. The van der Waals surface area contributed by atoms with Gasteiger partial charge in [0.1, 0.15) is 5.82 Å². The maximum atomic E-state index is 13.2. The lowest BCUT2D eigenvalue weighted by molar-refractivity contribution is 0.571. The largest absolute Gasteiger partial charge is 0.324 e. The number of hydrogen-bond acceptors (Lipinski definition) is 1. The number of halogens is 2. The van der Waals surface area contributed by atoms with E-state index in [0.717, 1.165) is 18.4 Å². The van der Waals surface area contributed by atoms with Crippen LogP contribution in [0.3, 0.4) is 0 Å². The fourth-order valence-corrected chi connectivity index (χ4v) is 1.77. The van der Waals surface area contributed by atoms with E-state index in [0.29, 0.717) is 4.47 Å². The fraction of sp³-hybridized carbons (Fsp3) is 0.500. The number of hydrogen-bond donors (Lipinski definition) is 1. The van der Waals surface area contributed by atoms with Gasteiger partial charge in [0.25, 0.3) is 0 Å². The summed E-state index contributed by atoms with van der Waals surface area (Å²) in [6, 6.07) is 5.06. The molecule has 0 bridgehead atoms. The quantitative estimate of drug-likeness (QED) is 0.801. The molecule has 0 saturated heterocycles. The molecule has 0 unspecified atom stereocenters. The van der Waals surface area contributed by atoms with Crippen molar-refractivity contribution >= 4 is 15.9 Å². The van der Waals surface area contributed by atoms with Gasteiger partial charge in [-0.1, -0.05) is 32.3 Å². The Labute approximate surface area is 99.0 Å². The Kier molecular flexibility index (Phi) is 5.26. The van der Waals surface area contributed by atoms with E-state index in [2.05, 4.69) is 22.9 Å². The van der Waals surface area contributed by atoms with E-state index in [-0.39, 0.29) is 11.9 Å². The highest BCUT2D eigenvalue weighted by Gasteiger charge is 2.08. The van der Waals surface area contributed by atoms with Gasteiger partial charge >= 0.3 is 0 Å². The maximum absolute atomic E-state index is 13.2. The summed E-state index contributed by atoms with van der Waals surface area (Å²) in [6.45, 7) is 2.16. The number of nitrogens with two attached hydrogens (primary N) is 1. The Morgan fingerprint density at radius 1 is 1.40 bits per heavy atom. The first-order chi connectivity index (χ1) is 7.15. The zero-order valence-corrected chi connectivity index (χ0v) is 10.6. The Morgan fingerprint density at radius 2 is 2.13 bits per heavy atom. The van der Waals surface area contributed by atoms with Crippen molar-refractivity contribution in [2.45, 2.75) is 38.6 Å². The summed E-state index contributed by atoms with van der Waals surface area (Å²) < 4.78 is 13.7. The average molecular weight is 274 g/mol. The molecule has 3 heteroatoms. The first-order valence-corrected chi connectivity index (χ1v) is 6.15. The van der Waals surface area contributed by atoms with Crippen LogP contribution >= 0.6 is 15.9 Å². The van der Waals surface area contributed by atoms with Crippen molar-refractivity contribution in [3.63, 3.8) is 0 Å².